The summed E-state index contributed by atoms with van der Waals surface area (Å²) in [4.78, 5) is 0. The fourth-order valence-electron chi connectivity index (χ4n) is 10.1. The van der Waals surface area contributed by atoms with Crippen molar-refractivity contribution in [2.45, 2.75) is 52.4 Å². The molecule has 2 aliphatic rings. The second kappa shape index (κ2) is 12.6. The molecule has 2 nitrogen and oxygen atoms in total. The van der Waals surface area contributed by atoms with Crippen molar-refractivity contribution in [2.24, 2.45) is 0 Å². The molecule has 0 saturated carbocycles. The Balaban J connectivity index is 1.19. The summed E-state index contributed by atoms with van der Waals surface area (Å²) in [7, 11) is 0. The van der Waals surface area contributed by atoms with Crippen molar-refractivity contribution < 1.29 is 0 Å². The quantitative estimate of drug-likeness (QED) is 0.171. The van der Waals surface area contributed by atoms with Gasteiger partial charge in [0.05, 0.1) is 16.6 Å². The lowest BCUT2D eigenvalue weighted by Crippen LogP contribution is -2.13. The third-order valence-electron chi connectivity index (χ3n) is 13.2. The zero-order valence-electron chi connectivity index (χ0n) is 32.5. The zero-order valence-corrected chi connectivity index (χ0v) is 32.5. The number of hydrogen-bond acceptors (Lipinski definition) is 0. The van der Waals surface area contributed by atoms with Gasteiger partial charge in [0.1, 0.15) is 0 Å². The molecule has 2 unspecified atom stereocenters. The molecule has 0 saturated heterocycles. The van der Waals surface area contributed by atoms with Gasteiger partial charge in [-0.25, -0.2) is 0 Å². The third kappa shape index (κ3) is 4.88. The molecule has 9 aromatic rings. The van der Waals surface area contributed by atoms with Gasteiger partial charge in [-0.3, -0.25) is 0 Å². The van der Waals surface area contributed by atoms with Crippen molar-refractivity contribution in [1.29, 1.82) is 0 Å². The summed E-state index contributed by atoms with van der Waals surface area (Å²) in [6.45, 7) is 9.34. The van der Waals surface area contributed by atoms with Crippen LogP contribution < -0.4 is 0 Å². The van der Waals surface area contributed by atoms with E-state index in [9.17, 15) is 0 Å². The Kier molecular flexibility index (Phi) is 7.41. The van der Waals surface area contributed by atoms with Crippen molar-refractivity contribution in [2.75, 3.05) is 0 Å². The summed E-state index contributed by atoms with van der Waals surface area (Å²) in [6, 6.07) is 56.8. The molecule has 2 heterocycles. The van der Waals surface area contributed by atoms with Crippen LogP contribution in [0.25, 0.3) is 78.0 Å². The maximum atomic E-state index is 2.57. The highest BCUT2D eigenvalue weighted by atomic mass is 15.0. The van der Waals surface area contributed by atoms with E-state index in [2.05, 4.69) is 195 Å². The van der Waals surface area contributed by atoms with Gasteiger partial charge in [0.25, 0.3) is 0 Å². The van der Waals surface area contributed by atoms with Crippen LogP contribution in [0.15, 0.2) is 152 Å². The van der Waals surface area contributed by atoms with E-state index in [1.54, 1.807) is 0 Å². The summed E-state index contributed by atoms with van der Waals surface area (Å²) in [5.74, 6) is 0.725. The highest BCUT2D eigenvalue weighted by molar-refractivity contribution is 6.12. The number of aryl methyl sites for hydroxylation is 2. The fourth-order valence-corrected chi connectivity index (χ4v) is 10.1. The molecule has 0 amide bonds. The zero-order chi connectivity index (χ0) is 37.7. The van der Waals surface area contributed by atoms with Crippen molar-refractivity contribution in [3.05, 3.63) is 191 Å². The van der Waals surface area contributed by atoms with Crippen LogP contribution >= 0.6 is 0 Å². The molecule has 0 fully saturated rings. The van der Waals surface area contributed by atoms with Crippen LogP contribution in [-0.2, 0) is 6.42 Å². The van der Waals surface area contributed by atoms with Crippen LogP contribution in [0.3, 0.4) is 0 Å². The van der Waals surface area contributed by atoms with Crippen LogP contribution in [0.2, 0.25) is 0 Å². The van der Waals surface area contributed by atoms with E-state index < -0.39 is 0 Å². The Morgan fingerprint density at radius 3 is 1.62 bits per heavy atom. The molecule has 2 aromatic heterocycles. The summed E-state index contributed by atoms with van der Waals surface area (Å²) in [5.41, 5.74) is 22.6. The topological polar surface area (TPSA) is 9.86 Å². The summed E-state index contributed by atoms with van der Waals surface area (Å²) in [5, 5.41) is 3.98. The van der Waals surface area contributed by atoms with Crippen LogP contribution in [0.1, 0.15) is 71.2 Å². The highest BCUT2D eigenvalue weighted by Gasteiger charge is 2.32. The molecule has 11 rings (SSSR count). The van der Waals surface area contributed by atoms with Gasteiger partial charge in [-0.05, 0) is 161 Å². The Labute approximate surface area is 329 Å². The van der Waals surface area contributed by atoms with E-state index in [0.717, 1.165) is 12.8 Å². The second-order valence-electron chi connectivity index (χ2n) is 16.2. The highest BCUT2D eigenvalue weighted by Crippen LogP contribution is 2.52. The third-order valence-corrected chi connectivity index (χ3v) is 13.2. The molecule has 0 aliphatic heterocycles. The Morgan fingerprint density at radius 2 is 0.982 bits per heavy atom. The van der Waals surface area contributed by atoms with E-state index >= 15 is 0 Å². The van der Waals surface area contributed by atoms with Crippen LogP contribution in [0, 0.1) is 13.8 Å². The van der Waals surface area contributed by atoms with Crippen LogP contribution in [-0.4, -0.2) is 9.13 Å². The molecule has 2 atom stereocenters. The van der Waals surface area contributed by atoms with E-state index in [4.69, 9.17) is 0 Å². The molecule has 0 N–H and O–H groups in total. The van der Waals surface area contributed by atoms with Crippen LogP contribution in [0.4, 0.5) is 0 Å². The van der Waals surface area contributed by atoms with E-state index in [-0.39, 0.29) is 0 Å². The first-order valence-corrected chi connectivity index (χ1v) is 20.2. The maximum Gasteiger partial charge on any atom is 0.0547 e. The molecular weight excluding hydrogens is 677 g/mol. The Morgan fingerprint density at radius 1 is 0.446 bits per heavy atom. The second-order valence-corrected chi connectivity index (χ2v) is 16.2. The lowest BCUT2D eigenvalue weighted by atomic mass is 9.72. The SMILES string of the molecule is Cc1ccccc1C1=Cc2c(n(-c3ccccc3)c3cc4c(cc23)C(C)C(C)c2cc3c5cc(-c6ccccc6C)ccc5n(-c5ccccc5)c3cc2-4)CC1. The van der Waals surface area contributed by atoms with Gasteiger partial charge in [0, 0.05) is 38.8 Å². The molecule has 56 heavy (non-hydrogen) atoms. The van der Waals surface area contributed by atoms with E-state index in [0.29, 0.717) is 11.8 Å². The lowest BCUT2D eigenvalue weighted by molar-refractivity contribution is 0.617. The molecule has 270 valence electrons. The molecule has 2 heteroatoms. The first-order valence-electron chi connectivity index (χ1n) is 20.2. The first-order chi connectivity index (χ1) is 27.4. The number of nitrogens with zero attached hydrogens (tertiary/aromatic N) is 2. The molecule has 0 spiro atoms. The molecule has 0 radical (unpaired) electrons. The van der Waals surface area contributed by atoms with Gasteiger partial charge in [-0.1, -0.05) is 105 Å². The number of allylic oxidation sites excluding steroid dienone is 1. The standard InChI is InChI=1S/C54H44N2/c1-33-15-11-13-21-41(33)37-23-25-51-47(27-37)49-29-43-35(3)36(4)44-30-50-48-28-38(42-22-14-12-16-34(42)2)24-26-52(48)56(40-19-9-6-10-20-40)54(50)32-46(44)45(43)31-53(49)55(51)39-17-7-5-8-18-39/h5-23,25,27-32,35-36H,24,26H2,1-4H3. The van der Waals surface area contributed by atoms with Crippen LogP contribution in [0.5, 0.6) is 0 Å². The Hall–Kier alpha value is -6.38. The van der Waals surface area contributed by atoms with Gasteiger partial charge in [-0.15, -0.1) is 0 Å². The van der Waals surface area contributed by atoms with Gasteiger partial charge >= 0.3 is 0 Å². The van der Waals surface area contributed by atoms with E-state index in [1.165, 1.54) is 111 Å². The summed E-state index contributed by atoms with van der Waals surface area (Å²) < 4.78 is 5.04. The van der Waals surface area contributed by atoms with Gasteiger partial charge < -0.3 is 9.13 Å². The largest absolute Gasteiger partial charge is 0.313 e. The molecular formula is C54H44N2. The minimum atomic E-state index is 0.360. The van der Waals surface area contributed by atoms with Gasteiger partial charge in [0.15, 0.2) is 0 Å². The lowest BCUT2D eigenvalue weighted by Gasteiger charge is -2.32. The van der Waals surface area contributed by atoms with Crippen molar-refractivity contribution in [3.8, 4) is 33.6 Å². The predicted octanol–water partition coefficient (Wildman–Crippen LogP) is 14.4. The number of rotatable bonds is 4. The Bertz CT molecular complexity index is 3060. The number of fused-ring (bicyclic) bond motifs is 9. The minimum Gasteiger partial charge on any atom is -0.313 e. The average molecular weight is 721 g/mol. The monoisotopic (exact) mass is 720 g/mol. The number of benzene rings is 7. The van der Waals surface area contributed by atoms with Crippen molar-refractivity contribution in [1.82, 2.24) is 9.13 Å². The smallest absolute Gasteiger partial charge is 0.0547 e. The summed E-state index contributed by atoms with van der Waals surface area (Å²) >= 11 is 0. The van der Waals surface area contributed by atoms with Crippen molar-refractivity contribution in [3.63, 3.8) is 0 Å². The van der Waals surface area contributed by atoms with Crippen molar-refractivity contribution >= 4 is 44.4 Å². The number of para-hydroxylation sites is 2. The van der Waals surface area contributed by atoms with Gasteiger partial charge in [-0.2, -0.15) is 0 Å². The van der Waals surface area contributed by atoms with Gasteiger partial charge in [0.2, 0.25) is 0 Å². The molecule has 7 aromatic carbocycles. The minimum absolute atomic E-state index is 0.360. The van der Waals surface area contributed by atoms with E-state index in [1.807, 2.05) is 0 Å². The normalized spacial score (nSPS) is 16.2. The molecule has 0 bridgehead atoms. The number of aromatic nitrogens is 2. The summed E-state index contributed by atoms with van der Waals surface area (Å²) in [6.07, 6.45) is 4.55. The predicted molar refractivity (Wildman–Crippen MR) is 237 cm³/mol. The number of hydrogen-bond donors (Lipinski definition) is 0. The maximum absolute atomic E-state index is 2.57. The fraction of sp³-hybridized carbons (Fsp3) is 0.148. The first kappa shape index (κ1) is 33.0. The average Bonchev–Trinajstić information content (AvgIpc) is 3.73. The molecule has 2 aliphatic carbocycles.